The number of ether oxygens (including phenoxy) is 1. The minimum atomic E-state index is -1.64. The number of carbonyl (C=O) groups excluding carboxylic acids is 2. The van der Waals surface area contributed by atoms with E-state index < -0.39 is 35.1 Å². The van der Waals surface area contributed by atoms with Crippen molar-refractivity contribution in [2.24, 2.45) is 0 Å². The molecule has 0 saturated carbocycles. The van der Waals surface area contributed by atoms with Crippen LogP contribution in [0.1, 0.15) is 10.4 Å². The Morgan fingerprint density at radius 1 is 0.964 bits per heavy atom. The maximum Gasteiger partial charge on any atom is 0.339 e. The molecule has 0 bridgehead atoms. The number of carbonyl (C=O) groups is 2. The molecule has 0 radical (unpaired) electrons. The van der Waals surface area contributed by atoms with Crippen LogP contribution in [-0.2, 0) is 4.74 Å². The van der Waals surface area contributed by atoms with Gasteiger partial charge in [0, 0.05) is 26.2 Å². The second-order valence-electron chi connectivity index (χ2n) is 6.14. The van der Waals surface area contributed by atoms with Crippen molar-refractivity contribution >= 4 is 23.4 Å². The Morgan fingerprint density at radius 3 is 2.32 bits per heavy atom. The van der Waals surface area contributed by atoms with Crippen LogP contribution in [-0.4, -0.2) is 50.2 Å². The summed E-state index contributed by atoms with van der Waals surface area (Å²) < 4.78 is 44.8. The van der Waals surface area contributed by atoms with E-state index in [1.165, 1.54) is 12.0 Å². The molecule has 28 heavy (non-hydrogen) atoms. The molecule has 1 aliphatic rings. The van der Waals surface area contributed by atoms with Crippen LogP contribution in [0.2, 0.25) is 0 Å². The Balaban J connectivity index is 1.65. The second kappa shape index (κ2) is 8.20. The molecule has 1 N–H and O–H groups in total. The average Bonchev–Trinajstić information content (AvgIpc) is 2.73. The van der Waals surface area contributed by atoms with E-state index >= 15 is 0 Å². The zero-order valence-electron chi connectivity index (χ0n) is 15.0. The third kappa shape index (κ3) is 3.88. The van der Waals surface area contributed by atoms with Crippen LogP contribution >= 0.6 is 0 Å². The summed E-state index contributed by atoms with van der Waals surface area (Å²) in [6.07, 6.45) is 0. The average molecular weight is 393 g/mol. The summed E-state index contributed by atoms with van der Waals surface area (Å²) in [5.41, 5.74) is 0.690. The van der Waals surface area contributed by atoms with Crippen molar-refractivity contribution in [3.63, 3.8) is 0 Å². The molecular weight excluding hydrogens is 375 g/mol. The summed E-state index contributed by atoms with van der Waals surface area (Å²) in [6, 6.07) is 8.07. The highest BCUT2D eigenvalue weighted by molar-refractivity contribution is 5.96. The van der Waals surface area contributed by atoms with E-state index in [2.05, 4.69) is 5.32 Å². The van der Waals surface area contributed by atoms with Gasteiger partial charge in [-0.1, -0.05) is 12.1 Å². The largest absolute Gasteiger partial charge is 0.465 e. The van der Waals surface area contributed by atoms with Crippen molar-refractivity contribution in [3.05, 3.63) is 59.4 Å². The Bertz CT molecular complexity index is 899. The zero-order valence-corrected chi connectivity index (χ0v) is 15.0. The van der Waals surface area contributed by atoms with E-state index in [9.17, 15) is 22.8 Å². The number of urea groups is 1. The van der Waals surface area contributed by atoms with E-state index in [0.29, 0.717) is 37.4 Å². The number of esters is 1. The molecule has 1 heterocycles. The van der Waals surface area contributed by atoms with E-state index in [-0.39, 0.29) is 0 Å². The summed E-state index contributed by atoms with van der Waals surface area (Å²) in [4.78, 5) is 27.6. The number of methoxy groups -OCH3 is 1. The first-order valence-corrected chi connectivity index (χ1v) is 8.54. The molecule has 0 atom stereocenters. The molecule has 0 aromatic heterocycles. The predicted octanol–water partition coefficient (Wildman–Crippen LogP) is 3.24. The van der Waals surface area contributed by atoms with Crippen LogP contribution in [0.25, 0.3) is 0 Å². The minimum absolute atomic E-state index is 0.298. The van der Waals surface area contributed by atoms with Crippen molar-refractivity contribution in [2.75, 3.05) is 43.5 Å². The van der Waals surface area contributed by atoms with Crippen LogP contribution < -0.4 is 10.2 Å². The van der Waals surface area contributed by atoms with Gasteiger partial charge in [-0.05, 0) is 24.3 Å². The molecule has 1 saturated heterocycles. The lowest BCUT2D eigenvalue weighted by atomic mass is 10.1. The van der Waals surface area contributed by atoms with Crippen LogP contribution in [0, 0.1) is 17.5 Å². The fraction of sp³-hybridized carbons (Fsp3) is 0.263. The number of benzene rings is 2. The second-order valence-corrected chi connectivity index (χ2v) is 6.14. The molecule has 2 aromatic rings. The van der Waals surface area contributed by atoms with Gasteiger partial charge in [0.25, 0.3) is 0 Å². The van der Waals surface area contributed by atoms with E-state index in [1.807, 2.05) is 4.90 Å². The number of rotatable bonds is 3. The number of hydrogen-bond donors (Lipinski definition) is 1. The summed E-state index contributed by atoms with van der Waals surface area (Å²) in [7, 11) is 1.30. The molecule has 3 rings (SSSR count). The van der Waals surface area contributed by atoms with E-state index in [1.54, 1.807) is 24.3 Å². The summed E-state index contributed by atoms with van der Waals surface area (Å²) in [5, 5.41) is 2.25. The van der Waals surface area contributed by atoms with Gasteiger partial charge >= 0.3 is 12.0 Å². The van der Waals surface area contributed by atoms with Crippen LogP contribution in [0.3, 0.4) is 0 Å². The lowest BCUT2D eigenvalue weighted by Crippen LogP contribution is -2.50. The lowest BCUT2D eigenvalue weighted by Gasteiger charge is -2.36. The van der Waals surface area contributed by atoms with Gasteiger partial charge in [-0.2, -0.15) is 0 Å². The van der Waals surface area contributed by atoms with Gasteiger partial charge in [0.1, 0.15) is 0 Å². The molecule has 9 heteroatoms. The number of hydrogen-bond acceptors (Lipinski definition) is 4. The molecule has 1 fully saturated rings. The van der Waals surface area contributed by atoms with Crippen LogP contribution in [0.5, 0.6) is 0 Å². The Hall–Kier alpha value is -3.23. The molecule has 0 aliphatic carbocycles. The standard InChI is InChI=1S/C19H18F3N3O3/c1-28-18(26)12-4-2-3-5-15(12)24-8-10-25(11-9-24)19(27)23-14-7-6-13(20)16(21)17(14)22/h2-7H,8-11H2,1H3,(H,23,27). The van der Waals surface area contributed by atoms with E-state index in [4.69, 9.17) is 4.74 Å². The fourth-order valence-corrected chi connectivity index (χ4v) is 3.00. The van der Waals surface area contributed by atoms with Gasteiger partial charge in [0.2, 0.25) is 0 Å². The molecule has 2 aromatic carbocycles. The Kier molecular flexibility index (Phi) is 5.72. The Labute approximate surface area is 159 Å². The van der Waals surface area contributed by atoms with E-state index in [0.717, 1.165) is 12.1 Å². The summed E-state index contributed by atoms with van der Waals surface area (Å²) in [5.74, 6) is -4.86. The van der Waals surface area contributed by atoms with Crippen LogP contribution in [0.15, 0.2) is 36.4 Å². The number of nitrogens with one attached hydrogen (secondary N) is 1. The monoisotopic (exact) mass is 393 g/mol. The van der Waals surface area contributed by atoms with Gasteiger partial charge < -0.3 is 19.9 Å². The number of piperazine rings is 1. The zero-order chi connectivity index (χ0) is 20.3. The van der Waals surface area contributed by atoms with Crippen LogP contribution in [0.4, 0.5) is 29.3 Å². The smallest absolute Gasteiger partial charge is 0.339 e. The molecular formula is C19H18F3N3O3. The number of para-hydroxylation sites is 1. The lowest BCUT2D eigenvalue weighted by molar-refractivity contribution is 0.0601. The third-order valence-corrected chi connectivity index (χ3v) is 4.49. The first kappa shape index (κ1) is 19.5. The Morgan fingerprint density at radius 2 is 1.64 bits per heavy atom. The molecule has 148 valence electrons. The van der Waals surface area contributed by atoms with Crippen molar-refractivity contribution < 1.29 is 27.5 Å². The molecule has 0 unspecified atom stereocenters. The van der Waals surface area contributed by atoms with Gasteiger partial charge in [0.15, 0.2) is 17.5 Å². The number of anilines is 2. The maximum absolute atomic E-state index is 13.7. The highest BCUT2D eigenvalue weighted by Crippen LogP contribution is 2.24. The predicted molar refractivity (Wildman–Crippen MR) is 96.9 cm³/mol. The highest BCUT2D eigenvalue weighted by Gasteiger charge is 2.25. The molecule has 1 aliphatic heterocycles. The third-order valence-electron chi connectivity index (χ3n) is 4.49. The maximum atomic E-state index is 13.7. The normalized spacial score (nSPS) is 14.0. The minimum Gasteiger partial charge on any atom is -0.465 e. The quantitative estimate of drug-likeness (QED) is 0.643. The number of nitrogens with zero attached hydrogens (tertiary/aromatic N) is 2. The highest BCUT2D eigenvalue weighted by atomic mass is 19.2. The topological polar surface area (TPSA) is 61.9 Å². The van der Waals surface area contributed by atoms with Crippen molar-refractivity contribution in [3.8, 4) is 0 Å². The van der Waals surface area contributed by atoms with Gasteiger partial charge in [0.05, 0.1) is 24.0 Å². The number of amides is 2. The van der Waals surface area contributed by atoms with Crippen molar-refractivity contribution in [1.29, 1.82) is 0 Å². The summed E-state index contributed by atoms with van der Waals surface area (Å²) >= 11 is 0. The van der Waals surface area contributed by atoms with Gasteiger partial charge in [-0.15, -0.1) is 0 Å². The molecule has 2 amide bonds. The number of halogens is 3. The van der Waals surface area contributed by atoms with Gasteiger partial charge in [-0.3, -0.25) is 0 Å². The first-order valence-electron chi connectivity index (χ1n) is 8.54. The SMILES string of the molecule is COC(=O)c1ccccc1N1CCN(C(=O)Nc2ccc(F)c(F)c2F)CC1. The molecule has 6 nitrogen and oxygen atoms in total. The fourth-order valence-electron chi connectivity index (χ4n) is 3.00. The van der Waals surface area contributed by atoms with Crippen molar-refractivity contribution in [2.45, 2.75) is 0 Å². The first-order chi connectivity index (χ1) is 13.4. The summed E-state index contributed by atoms with van der Waals surface area (Å²) in [6.45, 7) is 1.46. The van der Waals surface area contributed by atoms with Gasteiger partial charge in [-0.25, -0.2) is 22.8 Å². The molecule has 0 spiro atoms. The van der Waals surface area contributed by atoms with Crippen molar-refractivity contribution in [1.82, 2.24) is 4.90 Å².